The fourth-order valence-electron chi connectivity index (χ4n) is 2.60. The van der Waals surface area contributed by atoms with Gasteiger partial charge in [-0.15, -0.1) is 0 Å². The van der Waals surface area contributed by atoms with Crippen LogP contribution in [0.25, 0.3) is 6.08 Å². The number of carbonyl (C=O) groups is 1. The first kappa shape index (κ1) is 20.2. The van der Waals surface area contributed by atoms with Gasteiger partial charge in [0.1, 0.15) is 0 Å². The summed E-state index contributed by atoms with van der Waals surface area (Å²) < 4.78 is 21.0. The molecule has 0 aliphatic heterocycles. The topological polar surface area (TPSA) is 66.0 Å². The van der Waals surface area contributed by atoms with Crippen molar-refractivity contribution < 1.29 is 23.7 Å². The van der Waals surface area contributed by atoms with Gasteiger partial charge in [-0.1, -0.05) is 12.1 Å². The summed E-state index contributed by atoms with van der Waals surface area (Å²) in [6.45, 7) is 1.91. The third-order valence-corrected chi connectivity index (χ3v) is 4.10. The number of hydrogen-bond donors (Lipinski definition) is 1. The van der Waals surface area contributed by atoms with Crippen LogP contribution in [0.4, 0.5) is 0 Å². The molecule has 0 aromatic heterocycles. The van der Waals surface area contributed by atoms with E-state index in [1.165, 1.54) is 6.08 Å². The van der Waals surface area contributed by atoms with E-state index in [-0.39, 0.29) is 11.9 Å². The van der Waals surface area contributed by atoms with E-state index in [1.54, 1.807) is 46.6 Å². The van der Waals surface area contributed by atoms with Gasteiger partial charge in [0.2, 0.25) is 5.91 Å². The molecule has 0 saturated carbocycles. The lowest BCUT2D eigenvalue weighted by Gasteiger charge is -2.15. The molecule has 2 aromatic rings. The average Bonchev–Trinajstić information content (AvgIpc) is 2.71. The van der Waals surface area contributed by atoms with E-state index >= 15 is 0 Å². The Bertz CT molecular complexity index is 816. The minimum Gasteiger partial charge on any atom is -0.493 e. The molecule has 1 atom stereocenters. The number of ether oxygens (including phenoxy) is 4. The second-order valence-corrected chi connectivity index (χ2v) is 5.79. The Labute approximate surface area is 159 Å². The monoisotopic (exact) mass is 371 g/mol. The summed E-state index contributed by atoms with van der Waals surface area (Å²) in [5, 5.41) is 2.93. The number of hydrogen-bond acceptors (Lipinski definition) is 5. The standard InChI is InChI=1S/C21H25NO5/c1-14(16-8-10-18(25-3)20(13-16)27-5)22-21(23)11-7-15-6-9-17(24-2)19(12-15)26-4/h6-14H,1-5H3,(H,22,23)/b11-7+/t14-/m0/s1. The van der Waals surface area contributed by atoms with Crippen molar-refractivity contribution in [3.05, 3.63) is 53.6 Å². The zero-order chi connectivity index (χ0) is 19.8. The molecular weight excluding hydrogens is 346 g/mol. The first-order valence-corrected chi connectivity index (χ1v) is 8.45. The van der Waals surface area contributed by atoms with Crippen molar-refractivity contribution >= 4 is 12.0 Å². The number of amides is 1. The number of carbonyl (C=O) groups excluding carboxylic acids is 1. The Balaban J connectivity index is 2.05. The third-order valence-electron chi connectivity index (χ3n) is 4.10. The van der Waals surface area contributed by atoms with Gasteiger partial charge in [-0.25, -0.2) is 0 Å². The number of rotatable bonds is 8. The molecule has 0 unspecified atom stereocenters. The van der Waals surface area contributed by atoms with Gasteiger partial charge in [0.05, 0.1) is 34.5 Å². The second-order valence-electron chi connectivity index (χ2n) is 5.79. The number of methoxy groups -OCH3 is 4. The van der Waals surface area contributed by atoms with Crippen LogP contribution in [-0.4, -0.2) is 34.3 Å². The van der Waals surface area contributed by atoms with Crippen LogP contribution in [-0.2, 0) is 4.79 Å². The Morgan fingerprint density at radius 1 is 0.852 bits per heavy atom. The molecule has 2 aromatic carbocycles. The summed E-state index contributed by atoms with van der Waals surface area (Å²) >= 11 is 0. The van der Waals surface area contributed by atoms with Crippen LogP contribution in [0.1, 0.15) is 24.1 Å². The molecule has 1 N–H and O–H groups in total. The van der Waals surface area contributed by atoms with Gasteiger partial charge in [-0.05, 0) is 48.4 Å². The van der Waals surface area contributed by atoms with Crippen LogP contribution in [0.15, 0.2) is 42.5 Å². The van der Waals surface area contributed by atoms with Crippen LogP contribution >= 0.6 is 0 Å². The molecule has 0 saturated heterocycles. The van der Waals surface area contributed by atoms with Crippen LogP contribution in [0.5, 0.6) is 23.0 Å². The fourth-order valence-corrected chi connectivity index (χ4v) is 2.60. The van der Waals surface area contributed by atoms with Gasteiger partial charge >= 0.3 is 0 Å². The predicted molar refractivity (Wildman–Crippen MR) is 105 cm³/mol. The van der Waals surface area contributed by atoms with Crippen molar-refractivity contribution in [3.8, 4) is 23.0 Å². The summed E-state index contributed by atoms with van der Waals surface area (Å²) in [5.41, 5.74) is 1.75. The van der Waals surface area contributed by atoms with E-state index in [1.807, 2.05) is 31.2 Å². The van der Waals surface area contributed by atoms with Crippen LogP contribution < -0.4 is 24.3 Å². The highest BCUT2D eigenvalue weighted by molar-refractivity contribution is 5.92. The van der Waals surface area contributed by atoms with Crippen molar-refractivity contribution in [2.24, 2.45) is 0 Å². The Kier molecular flexibility index (Phi) is 7.11. The van der Waals surface area contributed by atoms with Crippen molar-refractivity contribution in [1.82, 2.24) is 5.32 Å². The summed E-state index contributed by atoms with van der Waals surface area (Å²) in [4.78, 5) is 12.2. The lowest BCUT2D eigenvalue weighted by atomic mass is 10.1. The van der Waals surface area contributed by atoms with E-state index in [4.69, 9.17) is 18.9 Å². The average molecular weight is 371 g/mol. The molecule has 0 radical (unpaired) electrons. The minimum atomic E-state index is -0.202. The zero-order valence-corrected chi connectivity index (χ0v) is 16.2. The molecule has 0 aliphatic rings. The first-order chi connectivity index (χ1) is 13.0. The van der Waals surface area contributed by atoms with Gasteiger partial charge in [0.15, 0.2) is 23.0 Å². The lowest BCUT2D eigenvalue weighted by molar-refractivity contribution is -0.117. The van der Waals surface area contributed by atoms with E-state index in [9.17, 15) is 4.79 Å². The molecule has 0 bridgehead atoms. The van der Waals surface area contributed by atoms with E-state index in [2.05, 4.69) is 5.32 Å². The van der Waals surface area contributed by atoms with Gasteiger partial charge in [0, 0.05) is 6.08 Å². The third kappa shape index (κ3) is 5.17. The molecule has 1 amide bonds. The lowest BCUT2D eigenvalue weighted by Crippen LogP contribution is -2.24. The van der Waals surface area contributed by atoms with Gasteiger partial charge in [-0.2, -0.15) is 0 Å². The SMILES string of the molecule is COc1ccc(/C=C/C(=O)N[C@@H](C)c2ccc(OC)c(OC)c2)cc1OC. The molecule has 144 valence electrons. The summed E-state index contributed by atoms with van der Waals surface area (Å²) in [7, 11) is 6.32. The summed E-state index contributed by atoms with van der Waals surface area (Å²) in [6.07, 6.45) is 3.21. The van der Waals surface area contributed by atoms with Crippen molar-refractivity contribution in [2.45, 2.75) is 13.0 Å². The molecule has 0 fully saturated rings. The zero-order valence-electron chi connectivity index (χ0n) is 16.2. The first-order valence-electron chi connectivity index (χ1n) is 8.45. The Morgan fingerprint density at radius 3 is 2.00 bits per heavy atom. The Hall–Kier alpha value is -3.15. The highest BCUT2D eigenvalue weighted by Gasteiger charge is 2.11. The van der Waals surface area contributed by atoms with Crippen LogP contribution in [0, 0.1) is 0 Å². The molecule has 27 heavy (non-hydrogen) atoms. The van der Waals surface area contributed by atoms with Crippen LogP contribution in [0.2, 0.25) is 0 Å². The molecule has 6 heteroatoms. The van der Waals surface area contributed by atoms with Gasteiger partial charge in [-0.3, -0.25) is 4.79 Å². The van der Waals surface area contributed by atoms with Crippen molar-refractivity contribution in [2.75, 3.05) is 28.4 Å². The summed E-state index contributed by atoms with van der Waals surface area (Å²) in [6, 6.07) is 10.8. The Morgan fingerprint density at radius 2 is 1.41 bits per heavy atom. The van der Waals surface area contributed by atoms with Crippen molar-refractivity contribution in [1.29, 1.82) is 0 Å². The summed E-state index contributed by atoms with van der Waals surface area (Å²) in [5.74, 6) is 2.32. The van der Waals surface area contributed by atoms with Gasteiger partial charge < -0.3 is 24.3 Å². The predicted octanol–water partition coefficient (Wildman–Crippen LogP) is 3.61. The second kappa shape index (κ2) is 9.52. The maximum absolute atomic E-state index is 12.2. The smallest absolute Gasteiger partial charge is 0.244 e. The molecular formula is C21H25NO5. The largest absolute Gasteiger partial charge is 0.493 e. The van der Waals surface area contributed by atoms with E-state index < -0.39 is 0 Å². The molecule has 2 rings (SSSR count). The quantitative estimate of drug-likeness (QED) is 0.718. The molecule has 0 spiro atoms. The molecule has 0 heterocycles. The van der Waals surface area contributed by atoms with E-state index in [0.29, 0.717) is 23.0 Å². The molecule has 0 aliphatic carbocycles. The highest BCUT2D eigenvalue weighted by atomic mass is 16.5. The van der Waals surface area contributed by atoms with E-state index in [0.717, 1.165) is 11.1 Å². The normalized spacial score (nSPS) is 11.7. The fraction of sp³-hybridized carbons (Fsp3) is 0.286. The minimum absolute atomic E-state index is 0.188. The maximum Gasteiger partial charge on any atom is 0.244 e. The number of benzene rings is 2. The maximum atomic E-state index is 12.2. The highest BCUT2D eigenvalue weighted by Crippen LogP contribution is 2.30. The number of nitrogens with one attached hydrogen (secondary N) is 1. The van der Waals surface area contributed by atoms with Gasteiger partial charge in [0.25, 0.3) is 0 Å². The van der Waals surface area contributed by atoms with Crippen LogP contribution in [0.3, 0.4) is 0 Å². The van der Waals surface area contributed by atoms with Crippen molar-refractivity contribution in [3.63, 3.8) is 0 Å². The molecule has 6 nitrogen and oxygen atoms in total.